The minimum atomic E-state index is -0.182. The predicted molar refractivity (Wildman–Crippen MR) is 51.8 cm³/mol. The van der Waals surface area contributed by atoms with Crippen molar-refractivity contribution in [3.05, 3.63) is 0 Å². The number of fused-ring (bicyclic) bond motifs is 1. The fraction of sp³-hybridized carbons (Fsp3) is 0.889. The van der Waals surface area contributed by atoms with Gasteiger partial charge in [-0.05, 0) is 12.8 Å². The summed E-state index contributed by atoms with van der Waals surface area (Å²) in [4.78, 5) is 11.1. The molecule has 1 saturated carbocycles. The molecule has 0 aromatic carbocycles. The van der Waals surface area contributed by atoms with Crippen LogP contribution in [0.5, 0.6) is 0 Å². The summed E-state index contributed by atoms with van der Waals surface area (Å²) in [6.07, 6.45) is 2.34. The highest BCUT2D eigenvalue weighted by atomic mass is 16.5. The Balaban J connectivity index is 1.90. The van der Waals surface area contributed by atoms with Crippen molar-refractivity contribution in [2.24, 2.45) is 11.7 Å². The molecule has 0 bridgehead atoms. The lowest BCUT2D eigenvalue weighted by Gasteiger charge is -2.52. The number of carbonyl (C=O) groups excluding carboxylic acids is 1. The van der Waals surface area contributed by atoms with E-state index in [1.807, 2.05) is 0 Å². The van der Waals surface area contributed by atoms with Gasteiger partial charge in [-0.15, -0.1) is 0 Å². The van der Waals surface area contributed by atoms with Gasteiger partial charge >= 0.3 is 6.03 Å². The first-order valence-corrected chi connectivity index (χ1v) is 5.09. The van der Waals surface area contributed by atoms with Gasteiger partial charge in [-0.25, -0.2) is 4.79 Å². The topological polar surface area (TPSA) is 76.4 Å². The van der Waals surface area contributed by atoms with Gasteiger partial charge < -0.3 is 21.1 Å². The van der Waals surface area contributed by atoms with Crippen LogP contribution in [0.2, 0.25) is 0 Å². The van der Waals surface area contributed by atoms with Crippen molar-refractivity contribution < 1.29 is 9.53 Å². The third kappa shape index (κ3) is 1.46. The number of nitrogens with one attached hydrogen (secondary N) is 2. The van der Waals surface area contributed by atoms with Gasteiger partial charge in [-0.1, -0.05) is 0 Å². The summed E-state index contributed by atoms with van der Waals surface area (Å²) in [5.41, 5.74) is 5.96. The van der Waals surface area contributed by atoms with E-state index in [0.29, 0.717) is 5.92 Å². The molecule has 4 atom stereocenters. The third-order valence-electron chi connectivity index (χ3n) is 3.20. The Bertz CT molecular complexity index is 234. The zero-order valence-electron chi connectivity index (χ0n) is 8.32. The monoisotopic (exact) mass is 199 g/mol. The molecule has 2 fully saturated rings. The molecule has 4 unspecified atom stereocenters. The molecule has 0 aromatic rings. The highest BCUT2D eigenvalue weighted by Crippen LogP contribution is 2.36. The maximum Gasteiger partial charge on any atom is 0.314 e. The number of hydrogen-bond acceptors (Lipinski definition) is 3. The van der Waals surface area contributed by atoms with Crippen molar-refractivity contribution in [1.29, 1.82) is 0 Å². The number of rotatable bonds is 1. The Hall–Kier alpha value is -0.810. The van der Waals surface area contributed by atoms with Crippen LogP contribution in [0.25, 0.3) is 0 Å². The van der Waals surface area contributed by atoms with Crippen LogP contribution in [0, 0.1) is 5.92 Å². The summed E-state index contributed by atoms with van der Waals surface area (Å²) in [6, 6.07) is -0.143. The van der Waals surface area contributed by atoms with Gasteiger partial charge in [0, 0.05) is 25.6 Å². The van der Waals surface area contributed by atoms with Crippen molar-refractivity contribution in [2.75, 3.05) is 13.7 Å². The van der Waals surface area contributed by atoms with Crippen LogP contribution >= 0.6 is 0 Å². The number of ether oxygens (including phenoxy) is 1. The van der Waals surface area contributed by atoms with E-state index in [1.54, 1.807) is 7.05 Å². The SMILES string of the molecule is CNC(=O)NC1C(N)C2CCCOC21. The van der Waals surface area contributed by atoms with Crippen LogP contribution in [0.15, 0.2) is 0 Å². The van der Waals surface area contributed by atoms with Gasteiger partial charge in [0.15, 0.2) is 0 Å². The Morgan fingerprint density at radius 2 is 2.36 bits per heavy atom. The highest BCUT2D eigenvalue weighted by Gasteiger charge is 2.50. The Morgan fingerprint density at radius 1 is 1.57 bits per heavy atom. The Morgan fingerprint density at radius 3 is 3.07 bits per heavy atom. The average Bonchev–Trinajstić information content (AvgIpc) is 2.25. The maximum atomic E-state index is 11.1. The van der Waals surface area contributed by atoms with E-state index in [1.165, 1.54) is 0 Å². The molecule has 0 radical (unpaired) electrons. The molecule has 2 amide bonds. The maximum absolute atomic E-state index is 11.1. The number of urea groups is 1. The average molecular weight is 199 g/mol. The van der Waals surface area contributed by atoms with Gasteiger partial charge in [0.2, 0.25) is 0 Å². The molecule has 2 aliphatic rings. The molecule has 5 heteroatoms. The first kappa shape index (κ1) is 9.73. The molecular formula is C9H17N3O2. The molecule has 0 aromatic heterocycles. The van der Waals surface area contributed by atoms with Crippen molar-refractivity contribution in [3.8, 4) is 0 Å². The van der Waals surface area contributed by atoms with Crippen LogP contribution in [-0.2, 0) is 4.74 Å². The summed E-state index contributed by atoms with van der Waals surface area (Å²) in [5.74, 6) is 0.436. The lowest BCUT2D eigenvalue weighted by atomic mass is 9.69. The zero-order valence-corrected chi connectivity index (χ0v) is 8.32. The van der Waals surface area contributed by atoms with E-state index < -0.39 is 0 Å². The summed E-state index contributed by atoms with van der Waals surface area (Å²) in [6.45, 7) is 0.791. The second-order valence-electron chi connectivity index (χ2n) is 3.97. The molecule has 2 rings (SSSR count). The molecule has 1 saturated heterocycles. The van der Waals surface area contributed by atoms with Gasteiger partial charge in [0.1, 0.15) is 0 Å². The van der Waals surface area contributed by atoms with Crippen molar-refractivity contribution >= 4 is 6.03 Å². The van der Waals surface area contributed by atoms with Crippen LogP contribution < -0.4 is 16.4 Å². The summed E-state index contributed by atoms with van der Waals surface area (Å²) < 4.78 is 5.58. The van der Waals surface area contributed by atoms with Gasteiger partial charge in [-0.3, -0.25) is 0 Å². The van der Waals surface area contributed by atoms with Crippen LogP contribution in [0.3, 0.4) is 0 Å². The second kappa shape index (κ2) is 3.74. The van der Waals surface area contributed by atoms with Crippen molar-refractivity contribution in [1.82, 2.24) is 10.6 Å². The van der Waals surface area contributed by atoms with Gasteiger partial charge in [0.05, 0.1) is 12.1 Å². The van der Waals surface area contributed by atoms with E-state index in [9.17, 15) is 4.79 Å². The van der Waals surface area contributed by atoms with Crippen LogP contribution in [0.4, 0.5) is 4.79 Å². The minimum Gasteiger partial charge on any atom is -0.376 e. The summed E-state index contributed by atoms with van der Waals surface area (Å²) in [5, 5.41) is 5.33. The molecule has 0 spiro atoms. The van der Waals surface area contributed by atoms with E-state index in [-0.39, 0.29) is 24.2 Å². The Kier molecular flexibility index (Phi) is 2.60. The smallest absolute Gasteiger partial charge is 0.314 e. The van der Waals surface area contributed by atoms with Crippen molar-refractivity contribution in [2.45, 2.75) is 31.0 Å². The predicted octanol–water partition coefficient (Wildman–Crippen LogP) is -0.580. The van der Waals surface area contributed by atoms with Gasteiger partial charge in [-0.2, -0.15) is 0 Å². The normalized spacial score (nSPS) is 40.7. The number of nitrogens with two attached hydrogens (primary N) is 1. The number of hydrogen-bond donors (Lipinski definition) is 3. The molecule has 14 heavy (non-hydrogen) atoms. The van der Waals surface area contributed by atoms with E-state index in [0.717, 1.165) is 19.4 Å². The van der Waals surface area contributed by atoms with E-state index in [4.69, 9.17) is 10.5 Å². The molecule has 80 valence electrons. The number of amides is 2. The second-order valence-corrected chi connectivity index (χ2v) is 3.97. The minimum absolute atomic E-state index is 0.0137. The fourth-order valence-corrected chi connectivity index (χ4v) is 2.35. The first-order valence-electron chi connectivity index (χ1n) is 5.09. The lowest BCUT2D eigenvalue weighted by Crippen LogP contribution is -2.72. The molecule has 1 aliphatic heterocycles. The quantitative estimate of drug-likeness (QED) is 0.529. The van der Waals surface area contributed by atoms with Crippen LogP contribution in [-0.4, -0.2) is 37.9 Å². The molecule has 5 nitrogen and oxygen atoms in total. The molecular weight excluding hydrogens is 182 g/mol. The van der Waals surface area contributed by atoms with Crippen molar-refractivity contribution in [3.63, 3.8) is 0 Å². The zero-order chi connectivity index (χ0) is 10.1. The molecule has 4 N–H and O–H groups in total. The largest absolute Gasteiger partial charge is 0.376 e. The van der Waals surface area contributed by atoms with E-state index in [2.05, 4.69) is 10.6 Å². The molecule has 1 aliphatic carbocycles. The Labute approximate surface area is 83.4 Å². The summed E-state index contributed by atoms with van der Waals surface area (Å²) in [7, 11) is 1.60. The van der Waals surface area contributed by atoms with Gasteiger partial charge in [0.25, 0.3) is 0 Å². The summed E-state index contributed by atoms with van der Waals surface area (Å²) >= 11 is 0. The first-order chi connectivity index (χ1) is 6.74. The highest BCUT2D eigenvalue weighted by molar-refractivity contribution is 5.74. The lowest BCUT2D eigenvalue weighted by molar-refractivity contribution is -0.116. The van der Waals surface area contributed by atoms with E-state index >= 15 is 0 Å². The molecule has 1 heterocycles. The van der Waals surface area contributed by atoms with Crippen LogP contribution in [0.1, 0.15) is 12.8 Å². The fourth-order valence-electron chi connectivity index (χ4n) is 2.35. The third-order valence-corrected chi connectivity index (χ3v) is 3.20. The standard InChI is InChI=1S/C9H17N3O2/c1-11-9(13)12-7-6(10)5-3-2-4-14-8(5)7/h5-8H,2-4,10H2,1H3,(H2,11,12,13). The number of carbonyl (C=O) groups is 1.